The second-order valence-corrected chi connectivity index (χ2v) is 7.17. The molecule has 1 unspecified atom stereocenters. The van der Waals surface area contributed by atoms with E-state index in [4.69, 9.17) is 4.74 Å². The smallest absolute Gasteiger partial charge is 0.258 e. The van der Waals surface area contributed by atoms with Crippen molar-refractivity contribution in [3.05, 3.63) is 65.7 Å². The van der Waals surface area contributed by atoms with Gasteiger partial charge in [0.05, 0.1) is 6.04 Å². The van der Waals surface area contributed by atoms with Crippen LogP contribution in [-0.4, -0.2) is 18.5 Å². The number of amides is 1. The molecule has 1 atom stereocenters. The highest BCUT2D eigenvalue weighted by Crippen LogP contribution is 2.25. The molecular weight excluding hydrogens is 330 g/mol. The molecule has 0 aromatic heterocycles. The van der Waals surface area contributed by atoms with E-state index in [0.29, 0.717) is 5.75 Å². The molecule has 0 spiro atoms. The lowest BCUT2D eigenvalue weighted by molar-refractivity contribution is -0.306. The van der Waals surface area contributed by atoms with Crippen molar-refractivity contribution in [3.63, 3.8) is 0 Å². The van der Waals surface area contributed by atoms with Gasteiger partial charge in [-0.3, -0.25) is 4.79 Å². The van der Waals surface area contributed by atoms with E-state index in [1.165, 1.54) is 0 Å². The predicted octanol–water partition coefficient (Wildman–Crippen LogP) is 2.36. The fourth-order valence-corrected chi connectivity index (χ4v) is 2.54. The van der Waals surface area contributed by atoms with Crippen molar-refractivity contribution in [1.82, 2.24) is 5.32 Å². The molecule has 0 saturated carbocycles. The minimum Gasteiger partial charge on any atom is -0.550 e. The summed E-state index contributed by atoms with van der Waals surface area (Å²) >= 11 is 0. The second-order valence-electron chi connectivity index (χ2n) is 7.17. The van der Waals surface area contributed by atoms with Gasteiger partial charge in [0.2, 0.25) is 0 Å². The Kier molecular flexibility index (Phi) is 6.39. The largest absolute Gasteiger partial charge is 0.550 e. The summed E-state index contributed by atoms with van der Waals surface area (Å²) in [5.41, 5.74) is 1.84. The number of hydrogen-bond acceptors (Lipinski definition) is 4. The van der Waals surface area contributed by atoms with Gasteiger partial charge in [-0.15, -0.1) is 0 Å². The van der Waals surface area contributed by atoms with Crippen molar-refractivity contribution in [2.45, 2.75) is 38.6 Å². The Labute approximate surface area is 154 Å². The van der Waals surface area contributed by atoms with Crippen LogP contribution in [0.3, 0.4) is 0 Å². The quantitative estimate of drug-likeness (QED) is 0.828. The Morgan fingerprint density at radius 1 is 1.04 bits per heavy atom. The first-order valence-electron chi connectivity index (χ1n) is 8.53. The number of carbonyl (C=O) groups is 2. The SMILES string of the molecule is CC(C)(C)c1ccc(C(CC(=O)[O-])NC(=O)COc2ccccc2)cc1. The highest BCUT2D eigenvalue weighted by molar-refractivity contribution is 5.79. The number of hydrogen-bond donors (Lipinski definition) is 1. The summed E-state index contributed by atoms with van der Waals surface area (Å²) in [6.07, 6.45) is -0.300. The van der Waals surface area contributed by atoms with Crippen LogP contribution in [-0.2, 0) is 15.0 Å². The zero-order valence-electron chi connectivity index (χ0n) is 15.3. The second kappa shape index (κ2) is 8.52. The molecule has 0 bridgehead atoms. The van der Waals surface area contributed by atoms with Gasteiger partial charge in [-0.2, -0.15) is 0 Å². The third-order valence-electron chi connectivity index (χ3n) is 4.00. The first-order valence-corrected chi connectivity index (χ1v) is 8.53. The van der Waals surface area contributed by atoms with Crippen molar-refractivity contribution in [2.24, 2.45) is 0 Å². The number of carbonyl (C=O) groups excluding carboxylic acids is 2. The van der Waals surface area contributed by atoms with Crippen molar-refractivity contribution in [3.8, 4) is 5.75 Å². The Morgan fingerprint density at radius 2 is 1.65 bits per heavy atom. The van der Waals surface area contributed by atoms with Crippen molar-refractivity contribution in [2.75, 3.05) is 6.61 Å². The lowest BCUT2D eigenvalue weighted by Gasteiger charge is -2.23. The number of carboxylic acids is 1. The average Bonchev–Trinajstić information content (AvgIpc) is 2.59. The van der Waals surface area contributed by atoms with Crippen LogP contribution < -0.4 is 15.2 Å². The van der Waals surface area contributed by atoms with Gasteiger partial charge in [-0.05, 0) is 28.7 Å². The van der Waals surface area contributed by atoms with Gasteiger partial charge in [0.25, 0.3) is 5.91 Å². The lowest BCUT2D eigenvalue weighted by atomic mass is 9.86. The number of benzene rings is 2. The summed E-state index contributed by atoms with van der Waals surface area (Å²) in [5.74, 6) is -1.03. The van der Waals surface area contributed by atoms with Crippen LogP contribution in [0.2, 0.25) is 0 Å². The van der Waals surface area contributed by atoms with E-state index in [2.05, 4.69) is 26.1 Å². The first-order chi connectivity index (χ1) is 12.3. The van der Waals surface area contributed by atoms with E-state index in [1.807, 2.05) is 42.5 Å². The van der Waals surface area contributed by atoms with Crippen LogP contribution in [0.5, 0.6) is 5.75 Å². The average molecular weight is 354 g/mol. The Balaban J connectivity index is 2.04. The predicted molar refractivity (Wildman–Crippen MR) is 97.6 cm³/mol. The summed E-state index contributed by atoms with van der Waals surface area (Å²) in [4.78, 5) is 23.2. The molecule has 0 heterocycles. The summed E-state index contributed by atoms with van der Waals surface area (Å²) in [6, 6.07) is 15.9. The molecule has 5 heteroatoms. The Morgan fingerprint density at radius 3 is 2.19 bits per heavy atom. The number of aliphatic carboxylic acids is 1. The van der Waals surface area contributed by atoms with Gasteiger partial charge in [0.15, 0.2) is 6.61 Å². The fourth-order valence-electron chi connectivity index (χ4n) is 2.54. The summed E-state index contributed by atoms with van der Waals surface area (Å²) in [5, 5.41) is 13.8. The standard InChI is InChI=1S/C21H25NO4/c1-21(2,3)16-11-9-15(10-12-16)18(13-20(24)25)22-19(23)14-26-17-7-5-4-6-8-17/h4-12,18H,13-14H2,1-3H3,(H,22,23)(H,24,25)/p-1. The van der Waals surface area contributed by atoms with Crippen molar-refractivity contribution < 1.29 is 19.4 Å². The van der Waals surface area contributed by atoms with E-state index in [1.54, 1.807) is 12.1 Å². The molecule has 26 heavy (non-hydrogen) atoms. The van der Waals surface area contributed by atoms with Crippen molar-refractivity contribution in [1.29, 1.82) is 0 Å². The first kappa shape index (κ1) is 19.5. The van der Waals surface area contributed by atoms with Gasteiger partial charge < -0.3 is 20.0 Å². The van der Waals surface area contributed by atoms with Gasteiger partial charge in [0, 0.05) is 12.4 Å². The van der Waals surface area contributed by atoms with Crippen LogP contribution in [0.1, 0.15) is 44.4 Å². The summed E-state index contributed by atoms with van der Waals surface area (Å²) < 4.78 is 5.40. The molecule has 0 radical (unpaired) electrons. The van der Waals surface area contributed by atoms with Crippen LogP contribution in [0.15, 0.2) is 54.6 Å². The molecule has 0 saturated heterocycles. The van der Waals surface area contributed by atoms with Crippen LogP contribution >= 0.6 is 0 Å². The van der Waals surface area contributed by atoms with Gasteiger partial charge in [-0.1, -0.05) is 63.2 Å². The Hall–Kier alpha value is -2.82. The molecule has 0 aliphatic carbocycles. The van der Waals surface area contributed by atoms with Gasteiger partial charge in [-0.25, -0.2) is 0 Å². The molecule has 0 aliphatic rings. The number of nitrogens with one attached hydrogen (secondary N) is 1. The maximum Gasteiger partial charge on any atom is 0.258 e. The van der Waals surface area contributed by atoms with E-state index in [0.717, 1.165) is 11.1 Å². The lowest BCUT2D eigenvalue weighted by Crippen LogP contribution is -2.36. The maximum absolute atomic E-state index is 12.2. The monoisotopic (exact) mass is 354 g/mol. The molecule has 5 nitrogen and oxygen atoms in total. The van der Waals surface area contributed by atoms with Crippen LogP contribution in [0.4, 0.5) is 0 Å². The number of rotatable bonds is 7. The zero-order chi connectivity index (χ0) is 19.2. The zero-order valence-corrected chi connectivity index (χ0v) is 15.3. The van der Waals surface area contributed by atoms with Crippen LogP contribution in [0.25, 0.3) is 0 Å². The number of carboxylic acid groups (broad SMARTS) is 1. The highest BCUT2D eigenvalue weighted by atomic mass is 16.5. The molecule has 2 aromatic carbocycles. The minimum atomic E-state index is -1.22. The summed E-state index contributed by atoms with van der Waals surface area (Å²) in [6.45, 7) is 6.11. The van der Waals surface area contributed by atoms with Crippen LogP contribution in [0, 0.1) is 0 Å². The van der Waals surface area contributed by atoms with Gasteiger partial charge >= 0.3 is 0 Å². The topological polar surface area (TPSA) is 78.5 Å². The van der Waals surface area contributed by atoms with E-state index in [9.17, 15) is 14.7 Å². The third-order valence-corrected chi connectivity index (χ3v) is 4.00. The molecule has 138 valence electrons. The molecule has 0 fully saturated rings. The number of para-hydroxylation sites is 1. The number of ether oxygens (including phenoxy) is 1. The fraction of sp³-hybridized carbons (Fsp3) is 0.333. The van der Waals surface area contributed by atoms with Gasteiger partial charge in [0.1, 0.15) is 5.75 Å². The normalized spacial score (nSPS) is 12.3. The molecule has 2 rings (SSSR count). The van der Waals surface area contributed by atoms with E-state index in [-0.39, 0.29) is 24.3 Å². The Bertz CT molecular complexity index is 733. The molecule has 1 N–H and O–H groups in total. The molecule has 0 aliphatic heterocycles. The highest BCUT2D eigenvalue weighted by Gasteiger charge is 2.18. The molecular formula is C21H24NO4-. The summed E-state index contributed by atoms with van der Waals surface area (Å²) in [7, 11) is 0. The minimum absolute atomic E-state index is 0.00481. The maximum atomic E-state index is 12.2. The third kappa shape index (κ3) is 5.92. The molecule has 2 aromatic rings. The van der Waals surface area contributed by atoms with E-state index < -0.39 is 12.0 Å². The van der Waals surface area contributed by atoms with Crippen molar-refractivity contribution >= 4 is 11.9 Å². The molecule has 1 amide bonds. The van der Waals surface area contributed by atoms with E-state index >= 15 is 0 Å².